The van der Waals surface area contributed by atoms with Crippen LogP contribution in [0.2, 0.25) is 0 Å². The third kappa shape index (κ3) is 2.58. The molecule has 0 saturated heterocycles. The summed E-state index contributed by atoms with van der Waals surface area (Å²) in [5, 5.41) is 3.01. The number of hydrogen-bond acceptors (Lipinski definition) is 2. The molecule has 0 spiro atoms. The summed E-state index contributed by atoms with van der Waals surface area (Å²) < 4.78 is 18.9. The van der Waals surface area contributed by atoms with Crippen LogP contribution in [0, 0.1) is 18.7 Å². The number of aryl methyl sites for hydroxylation is 1. The van der Waals surface area contributed by atoms with Crippen molar-refractivity contribution in [3.8, 4) is 5.75 Å². The Labute approximate surface area is 134 Å². The average molecular weight is 311 g/mol. The second kappa shape index (κ2) is 5.37. The van der Waals surface area contributed by atoms with Crippen molar-refractivity contribution in [3.05, 3.63) is 65.0 Å². The van der Waals surface area contributed by atoms with E-state index in [1.807, 2.05) is 13.0 Å². The molecule has 2 aromatic rings. The van der Waals surface area contributed by atoms with Crippen molar-refractivity contribution in [1.82, 2.24) is 5.32 Å². The summed E-state index contributed by atoms with van der Waals surface area (Å²) in [6.07, 6.45) is 1.03. The first-order chi connectivity index (χ1) is 11.1. The molecule has 0 aromatic heterocycles. The van der Waals surface area contributed by atoms with Crippen LogP contribution in [0.3, 0.4) is 0 Å². The molecular formula is C19H18FNO2. The maximum Gasteiger partial charge on any atom is 0.258 e. The van der Waals surface area contributed by atoms with Crippen LogP contribution in [-0.4, -0.2) is 18.6 Å². The smallest absolute Gasteiger partial charge is 0.258 e. The van der Waals surface area contributed by atoms with Gasteiger partial charge in [0.15, 0.2) is 18.2 Å². The van der Waals surface area contributed by atoms with E-state index >= 15 is 0 Å². The number of benzene rings is 2. The predicted molar refractivity (Wildman–Crippen MR) is 84.9 cm³/mol. The molecular weight excluding hydrogens is 293 g/mol. The van der Waals surface area contributed by atoms with E-state index in [0.717, 1.165) is 12.0 Å². The lowest BCUT2D eigenvalue weighted by atomic mass is 10.1. The molecule has 0 bridgehead atoms. The van der Waals surface area contributed by atoms with Gasteiger partial charge < -0.3 is 10.1 Å². The van der Waals surface area contributed by atoms with Gasteiger partial charge >= 0.3 is 0 Å². The molecule has 1 saturated carbocycles. The highest BCUT2D eigenvalue weighted by Crippen LogP contribution is 2.56. The number of carbonyl (C=O) groups is 1. The summed E-state index contributed by atoms with van der Waals surface area (Å²) in [4.78, 5) is 12.0. The van der Waals surface area contributed by atoms with Crippen molar-refractivity contribution < 1.29 is 13.9 Å². The van der Waals surface area contributed by atoms with Gasteiger partial charge in [0.2, 0.25) is 0 Å². The Morgan fingerprint density at radius 3 is 3.00 bits per heavy atom. The Hall–Kier alpha value is -2.36. The number of halogens is 1. The van der Waals surface area contributed by atoms with Gasteiger partial charge in [-0.15, -0.1) is 0 Å². The molecule has 4 heteroatoms. The molecule has 2 aromatic carbocycles. The van der Waals surface area contributed by atoms with E-state index in [4.69, 9.17) is 4.74 Å². The van der Waals surface area contributed by atoms with Crippen LogP contribution in [0.25, 0.3) is 0 Å². The van der Waals surface area contributed by atoms with Gasteiger partial charge in [0.1, 0.15) is 0 Å². The third-order valence-electron chi connectivity index (χ3n) is 4.81. The Balaban J connectivity index is 1.33. The normalized spacial score (nSPS) is 23.8. The first kappa shape index (κ1) is 14.2. The van der Waals surface area contributed by atoms with Crippen molar-refractivity contribution in [2.75, 3.05) is 6.61 Å². The van der Waals surface area contributed by atoms with Gasteiger partial charge in [0.05, 0.1) is 0 Å². The van der Waals surface area contributed by atoms with Crippen LogP contribution >= 0.6 is 0 Å². The van der Waals surface area contributed by atoms with Gasteiger partial charge in [-0.2, -0.15) is 0 Å². The summed E-state index contributed by atoms with van der Waals surface area (Å²) in [6, 6.07) is 13.2. The highest BCUT2D eigenvalue weighted by molar-refractivity contribution is 5.78. The summed E-state index contributed by atoms with van der Waals surface area (Å²) in [5.74, 6) is 0.433. The molecule has 2 aliphatic carbocycles. The van der Waals surface area contributed by atoms with Gasteiger partial charge in [-0.3, -0.25) is 4.79 Å². The first-order valence-corrected chi connectivity index (χ1v) is 7.89. The summed E-state index contributed by atoms with van der Waals surface area (Å²) in [7, 11) is 0. The largest absolute Gasteiger partial charge is 0.481 e. The molecule has 1 fully saturated rings. The zero-order chi connectivity index (χ0) is 16.0. The van der Waals surface area contributed by atoms with E-state index in [2.05, 4.69) is 23.5 Å². The zero-order valence-corrected chi connectivity index (χ0v) is 12.9. The number of fused-ring (bicyclic) bond motifs is 3. The molecule has 2 aliphatic rings. The van der Waals surface area contributed by atoms with Crippen LogP contribution in [0.5, 0.6) is 5.75 Å². The van der Waals surface area contributed by atoms with E-state index < -0.39 is 5.82 Å². The molecule has 0 unspecified atom stereocenters. The first-order valence-electron chi connectivity index (χ1n) is 7.89. The maximum absolute atomic E-state index is 13.6. The highest BCUT2D eigenvalue weighted by atomic mass is 19.1. The molecule has 3 atom stereocenters. The van der Waals surface area contributed by atoms with Gasteiger partial charge in [-0.1, -0.05) is 30.3 Å². The van der Waals surface area contributed by atoms with E-state index in [1.54, 1.807) is 12.1 Å². The van der Waals surface area contributed by atoms with Crippen LogP contribution in [0.15, 0.2) is 42.5 Å². The second-order valence-corrected chi connectivity index (χ2v) is 6.41. The van der Waals surface area contributed by atoms with E-state index in [1.165, 1.54) is 17.2 Å². The van der Waals surface area contributed by atoms with Crippen molar-refractivity contribution in [2.45, 2.75) is 25.3 Å². The Morgan fingerprint density at radius 2 is 2.13 bits per heavy atom. The fourth-order valence-electron chi connectivity index (χ4n) is 3.64. The summed E-state index contributed by atoms with van der Waals surface area (Å²) >= 11 is 0. The Bertz CT molecular complexity index is 774. The molecule has 23 heavy (non-hydrogen) atoms. The van der Waals surface area contributed by atoms with Crippen LogP contribution in [0.1, 0.15) is 22.6 Å². The molecule has 1 amide bonds. The fourth-order valence-corrected chi connectivity index (χ4v) is 3.64. The maximum atomic E-state index is 13.6. The standard InChI is InChI=1S/C19H18FNO2/c1-11-6-7-15(20)16(8-11)23-10-17(22)21-19-14-9-12-4-2-3-5-13(12)18(14)19/h2-8,14,18-19H,9-10H2,1H3,(H,21,22)/t14-,18+,19+/m0/s1. The lowest BCUT2D eigenvalue weighted by molar-refractivity contribution is -0.123. The molecule has 3 nitrogen and oxygen atoms in total. The lowest BCUT2D eigenvalue weighted by Crippen LogP contribution is -2.33. The quantitative estimate of drug-likeness (QED) is 0.943. The third-order valence-corrected chi connectivity index (χ3v) is 4.81. The SMILES string of the molecule is Cc1ccc(F)c(OCC(=O)N[C@@H]2[C@H]3Cc4ccccc4[C@H]32)c1. The van der Waals surface area contributed by atoms with Crippen molar-refractivity contribution in [1.29, 1.82) is 0 Å². The molecule has 118 valence electrons. The van der Waals surface area contributed by atoms with Gasteiger partial charge in [-0.05, 0) is 48.1 Å². The highest BCUT2D eigenvalue weighted by Gasteiger charge is 2.56. The topological polar surface area (TPSA) is 38.3 Å². The number of carbonyl (C=O) groups excluding carboxylic acids is 1. The monoisotopic (exact) mass is 311 g/mol. The van der Waals surface area contributed by atoms with Gasteiger partial charge in [0.25, 0.3) is 5.91 Å². The van der Waals surface area contributed by atoms with Crippen molar-refractivity contribution >= 4 is 5.91 Å². The van der Waals surface area contributed by atoms with Crippen molar-refractivity contribution in [3.63, 3.8) is 0 Å². The summed E-state index contributed by atoms with van der Waals surface area (Å²) in [5.41, 5.74) is 3.65. The molecule has 0 heterocycles. The Kier molecular flexibility index (Phi) is 3.33. The minimum absolute atomic E-state index is 0.126. The number of rotatable bonds is 4. The average Bonchev–Trinajstić information content (AvgIpc) is 3.05. The fraction of sp³-hybridized carbons (Fsp3) is 0.316. The number of amides is 1. The van der Waals surface area contributed by atoms with E-state index in [9.17, 15) is 9.18 Å². The van der Waals surface area contributed by atoms with Crippen molar-refractivity contribution in [2.24, 2.45) is 5.92 Å². The van der Waals surface area contributed by atoms with Crippen LogP contribution in [0.4, 0.5) is 4.39 Å². The second-order valence-electron chi connectivity index (χ2n) is 6.41. The van der Waals surface area contributed by atoms with Crippen LogP contribution < -0.4 is 10.1 Å². The van der Waals surface area contributed by atoms with Gasteiger partial charge in [0, 0.05) is 12.0 Å². The number of ether oxygens (including phenoxy) is 1. The lowest BCUT2D eigenvalue weighted by Gasteiger charge is -2.11. The van der Waals surface area contributed by atoms with E-state index in [0.29, 0.717) is 11.8 Å². The van der Waals surface area contributed by atoms with Gasteiger partial charge in [-0.25, -0.2) is 4.39 Å². The number of hydrogen-bond donors (Lipinski definition) is 1. The number of nitrogens with one attached hydrogen (secondary N) is 1. The minimum atomic E-state index is -0.444. The van der Waals surface area contributed by atoms with Crippen LogP contribution in [-0.2, 0) is 11.2 Å². The zero-order valence-electron chi connectivity index (χ0n) is 12.9. The molecule has 0 aliphatic heterocycles. The molecule has 4 rings (SSSR count). The Morgan fingerprint density at radius 1 is 1.30 bits per heavy atom. The predicted octanol–water partition coefficient (Wildman–Crippen LogP) is 2.97. The molecule has 1 N–H and O–H groups in total. The van der Waals surface area contributed by atoms with E-state index in [-0.39, 0.29) is 24.3 Å². The summed E-state index contributed by atoms with van der Waals surface area (Å²) in [6.45, 7) is 1.70. The minimum Gasteiger partial charge on any atom is -0.481 e. The molecule has 0 radical (unpaired) electrons.